The van der Waals surface area contributed by atoms with Crippen molar-refractivity contribution < 1.29 is 0 Å². The third-order valence-electron chi connectivity index (χ3n) is 7.59. The molecule has 0 unspecified atom stereocenters. The zero-order chi connectivity index (χ0) is 30.5. The predicted molar refractivity (Wildman–Crippen MR) is 190 cm³/mol. The van der Waals surface area contributed by atoms with Crippen LogP contribution in [0.25, 0.3) is 44.5 Å². The molecule has 0 spiro atoms. The molecule has 0 aliphatic heterocycles. The van der Waals surface area contributed by atoms with E-state index in [1.165, 1.54) is 0 Å². The molecular weight excluding hydrogens is 579 g/mol. The van der Waals surface area contributed by atoms with Crippen LogP contribution in [-0.2, 0) is 0 Å². The van der Waals surface area contributed by atoms with E-state index in [4.69, 9.17) is 33.2 Å². The summed E-state index contributed by atoms with van der Waals surface area (Å²) in [5.41, 5.74) is 11.2. The summed E-state index contributed by atoms with van der Waals surface area (Å²) in [6, 6.07) is 49.2. The first-order valence-electron chi connectivity index (χ1n) is 14.5. The Kier molecular flexibility index (Phi) is 8.84. The van der Waals surface area contributed by atoms with E-state index in [9.17, 15) is 0 Å². The van der Waals surface area contributed by atoms with E-state index in [2.05, 4.69) is 60.7 Å². The monoisotopic (exact) mass is 608 g/mol. The van der Waals surface area contributed by atoms with Crippen LogP contribution >= 0.6 is 23.2 Å². The van der Waals surface area contributed by atoms with E-state index in [0.29, 0.717) is 21.4 Å². The average molecular weight is 610 g/mol. The Bertz CT molecular complexity index is 1820. The Morgan fingerprint density at radius 2 is 0.682 bits per heavy atom. The molecule has 0 saturated heterocycles. The summed E-state index contributed by atoms with van der Waals surface area (Å²) in [4.78, 5) is 10.1. The van der Waals surface area contributed by atoms with Crippen LogP contribution in [0.15, 0.2) is 156 Å². The van der Waals surface area contributed by atoms with Crippen LogP contribution in [0.5, 0.6) is 0 Å². The van der Waals surface area contributed by atoms with Crippen molar-refractivity contribution in [1.29, 1.82) is 0 Å². The van der Waals surface area contributed by atoms with Crippen molar-refractivity contribution in [2.45, 2.75) is 13.8 Å². The molecule has 0 aromatic heterocycles. The van der Waals surface area contributed by atoms with E-state index in [0.717, 1.165) is 55.9 Å². The molecule has 0 heterocycles. The fraction of sp³-hybridized carbons (Fsp3) is 0.0500. The summed E-state index contributed by atoms with van der Waals surface area (Å²) in [6.45, 7) is 3.92. The van der Waals surface area contributed by atoms with Gasteiger partial charge < -0.3 is 0 Å². The lowest BCUT2D eigenvalue weighted by molar-refractivity contribution is 1.46. The normalized spacial score (nSPS) is 11.9. The van der Waals surface area contributed by atoms with Gasteiger partial charge in [0.25, 0.3) is 0 Å². The number of rotatable bonds is 7. The minimum atomic E-state index is 0.576. The molecule has 4 heteroatoms. The lowest BCUT2D eigenvalue weighted by atomic mass is 9.97. The zero-order valence-electron chi connectivity index (χ0n) is 24.5. The summed E-state index contributed by atoms with van der Waals surface area (Å²) in [5, 5.41) is 1.15. The number of hydrogen-bond acceptors (Lipinski definition) is 2. The van der Waals surface area contributed by atoms with E-state index in [1.54, 1.807) is 0 Å². The van der Waals surface area contributed by atoms with Gasteiger partial charge in [0.1, 0.15) is 0 Å². The first-order chi connectivity index (χ1) is 21.5. The Balaban J connectivity index is 1.46. The highest BCUT2D eigenvalue weighted by molar-refractivity contribution is 6.43. The summed E-state index contributed by atoms with van der Waals surface area (Å²) in [7, 11) is 0. The highest BCUT2D eigenvalue weighted by Gasteiger charge is 2.16. The standard InChI is InChI=1S/C40H30Cl2N2/c1-27(43-39-35(31-19-11-5-12-20-31)23-33(25-37(39)41)29-15-7-3-8-16-29)28(2)44-40-36(32-21-13-6-14-22-32)24-34(26-38(40)42)30-17-9-4-10-18-30/h3-26H,1-2H3. The van der Waals surface area contributed by atoms with Gasteiger partial charge in [-0.15, -0.1) is 0 Å². The van der Waals surface area contributed by atoms with Crippen LogP contribution in [0.2, 0.25) is 10.0 Å². The first kappa shape index (κ1) is 29.3. The van der Waals surface area contributed by atoms with Crippen LogP contribution in [0.3, 0.4) is 0 Å². The van der Waals surface area contributed by atoms with Crippen molar-refractivity contribution in [3.8, 4) is 44.5 Å². The molecule has 6 aromatic rings. The fourth-order valence-electron chi connectivity index (χ4n) is 5.19. The zero-order valence-corrected chi connectivity index (χ0v) is 26.0. The molecule has 0 amide bonds. The number of hydrogen-bond donors (Lipinski definition) is 0. The van der Waals surface area contributed by atoms with Gasteiger partial charge in [-0.3, -0.25) is 0 Å². The van der Waals surface area contributed by atoms with Gasteiger partial charge in [-0.2, -0.15) is 0 Å². The van der Waals surface area contributed by atoms with Crippen molar-refractivity contribution in [1.82, 2.24) is 0 Å². The predicted octanol–water partition coefficient (Wildman–Crippen LogP) is 12.5. The molecule has 0 radical (unpaired) electrons. The van der Waals surface area contributed by atoms with Crippen molar-refractivity contribution >= 4 is 46.0 Å². The van der Waals surface area contributed by atoms with Gasteiger partial charge in [-0.25, -0.2) is 9.98 Å². The largest absolute Gasteiger partial charge is 0.250 e. The van der Waals surface area contributed by atoms with Crippen LogP contribution in [-0.4, -0.2) is 11.4 Å². The van der Waals surface area contributed by atoms with Crippen LogP contribution < -0.4 is 0 Å². The van der Waals surface area contributed by atoms with Gasteiger partial charge in [-0.1, -0.05) is 145 Å². The molecule has 0 N–H and O–H groups in total. The van der Waals surface area contributed by atoms with Crippen molar-refractivity contribution in [3.63, 3.8) is 0 Å². The fourth-order valence-corrected chi connectivity index (χ4v) is 5.72. The minimum Gasteiger partial charge on any atom is -0.250 e. The lowest BCUT2D eigenvalue weighted by Crippen LogP contribution is -2.05. The number of aliphatic imine (C=N–C) groups is 2. The molecule has 2 nitrogen and oxygen atoms in total. The smallest absolute Gasteiger partial charge is 0.0898 e. The second-order valence-corrected chi connectivity index (χ2v) is 11.4. The number of nitrogens with zero attached hydrogens (tertiary/aromatic N) is 2. The minimum absolute atomic E-state index is 0.576. The molecule has 0 aliphatic carbocycles. The van der Waals surface area contributed by atoms with Gasteiger partial charge in [0.05, 0.1) is 32.8 Å². The highest BCUT2D eigenvalue weighted by atomic mass is 35.5. The van der Waals surface area contributed by atoms with Gasteiger partial charge >= 0.3 is 0 Å². The Morgan fingerprint density at radius 1 is 0.386 bits per heavy atom. The summed E-state index contributed by atoms with van der Waals surface area (Å²) >= 11 is 14.0. The summed E-state index contributed by atoms with van der Waals surface area (Å²) in [6.07, 6.45) is 0. The second-order valence-electron chi connectivity index (χ2n) is 10.6. The van der Waals surface area contributed by atoms with Gasteiger partial charge in [-0.05, 0) is 71.5 Å². The lowest BCUT2D eigenvalue weighted by Gasteiger charge is -2.14. The quantitative estimate of drug-likeness (QED) is 0.161. The van der Waals surface area contributed by atoms with Crippen molar-refractivity contribution in [2.24, 2.45) is 9.98 Å². The molecule has 0 aliphatic rings. The van der Waals surface area contributed by atoms with Gasteiger partial charge in [0.15, 0.2) is 0 Å². The molecular formula is C40H30Cl2N2. The molecule has 6 rings (SSSR count). The maximum Gasteiger partial charge on any atom is 0.0898 e. The third kappa shape index (κ3) is 6.43. The van der Waals surface area contributed by atoms with Crippen LogP contribution in [0.1, 0.15) is 13.8 Å². The molecule has 0 fully saturated rings. The molecule has 0 atom stereocenters. The molecule has 214 valence electrons. The van der Waals surface area contributed by atoms with Crippen LogP contribution in [0.4, 0.5) is 11.4 Å². The van der Waals surface area contributed by atoms with E-state index in [1.807, 2.05) is 98.8 Å². The van der Waals surface area contributed by atoms with E-state index in [-0.39, 0.29) is 0 Å². The molecule has 6 aromatic carbocycles. The highest BCUT2D eigenvalue weighted by Crippen LogP contribution is 2.42. The van der Waals surface area contributed by atoms with Gasteiger partial charge in [0, 0.05) is 11.1 Å². The topological polar surface area (TPSA) is 24.7 Å². The van der Waals surface area contributed by atoms with Gasteiger partial charge in [0.2, 0.25) is 0 Å². The van der Waals surface area contributed by atoms with Crippen LogP contribution in [0, 0.1) is 0 Å². The molecule has 0 saturated carbocycles. The van der Waals surface area contributed by atoms with E-state index >= 15 is 0 Å². The summed E-state index contributed by atoms with van der Waals surface area (Å²) < 4.78 is 0. The molecule has 0 bridgehead atoms. The summed E-state index contributed by atoms with van der Waals surface area (Å²) in [5.74, 6) is 0. The third-order valence-corrected chi connectivity index (χ3v) is 8.17. The number of halogens is 2. The SMILES string of the molecule is CC(=Nc1c(Cl)cc(-c2ccccc2)cc1-c1ccccc1)C(C)=Nc1c(Cl)cc(-c2ccccc2)cc1-c1ccccc1. The second kappa shape index (κ2) is 13.3. The number of benzene rings is 6. The van der Waals surface area contributed by atoms with E-state index < -0.39 is 0 Å². The Labute approximate surface area is 269 Å². The maximum absolute atomic E-state index is 6.98. The maximum atomic E-state index is 6.98. The molecule has 44 heavy (non-hydrogen) atoms. The van der Waals surface area contributed by atoms with Crippen molar-refractivity contribution in [2.75, 3.05) is 0 Å². The van der Waals surface area contributed by atoms with Crippen molar-refractivity contribution in [3.05, 3.63) is 156 Å². The average Bonchev–Trinajstić information content (AvgIpc) is 3.07. The Morgan fingerprint density at radius 3 is 1.00 bits per heavy atom. The Hall–Kier alpha value is -4.76. The first-order valence-corrected chi connectivity index (χ1v) is 15.2.